The molecule has 132 valence electrons. The van der Waals surface area contributed by atoms with Crippen LogP contribution < -0.4 is 5.32 Å². The highest BCUT2D eigenvalue weighted by atomic mass is 16.5. The van der Waals surface area contributed by atoms with E-state index in [0.29, 0.717) is 0 Å². The number of ether oxygens (including phenoxy) is 1. The number of allylic oxidation sites excluding steroid dienone is 2. The summed E-state index contributed by atoms with van der Waals surface area (Å²) in [6.07, 6.45) is 13.4. The molecule has 4 heteroatoms. The van der Waals surface area contributed by atoms with Crippen LogP contribution in [0.15, 0.2) is 12.2 Å². The fourth-order valence-electron chi connectivity index (χ4n) is 5.96. The van der Waals surface area contributed by atoms with Crippen LogP contribution in [0.5, 0.6) is 0 Å². The van der Waals surface area contributed by atoms with Crippen LogP contribution in [-0.4, -0.2) is 23.5 Å². The molecular formula is C20H29NO3. The van der Waals surface area contributed by atoms with Gasteiger partial charge >= 0.3 is 5.97 Å². The van der Waals surface area contributed by atoms with Gasteiger partial charge in [0, 0.05) is 5.54 Å². The third-order valence-electron chi connectivity index (χ3n) is 6.69. The Bertz CT molecular complexity index is 518. The number of carbonyl (C=O) groups is 2. The Balaban J connectivity index is 1.34. The summed E-state index contributed by atoms with van der Waals surface area (Å²) in [5, 5.41) is 3.30. The van der Waals surface area contributed by atoms with Crippen molar-refractivity contribution in [1.82, 2.24) is 5.32 Å². The van der Waals surface area contributed by atoms with Gasteiger partial charge in [-0.25, -0.2) is 0 Å². The van der Waals surface area contributed by atoms with E-state index < -0.39 is 6.10 Å². The van der Waals surface area contributed by atoms with Crippen LogP contribution in [0.25, 0.3) is 0 Å². The quantitative estimate of drug-likeness (QED) is 0.635. The van der Waals surface area contributed by atoms with Crippen LogP contribution >= 0.6 is 0 Å². The van der Waals surface area contributed by atoms with Crippen LogP contribution in [0.3, 0.4) is 0 Å². The topological polar surface area (TPSA) is 55.4 Å². The third kappa shape index (κ3) is 3.12. The second-order valence-corrected chi connectivity index (χ2v) is 8.75. The van der Waals surface area contributed by atoms with Crippen LogP contribution in [0.2, 0.25) is 0 Å². The van der Waals surface area contributed by atoms with E-state index in [0.717, 1.165) is 56.3 Å². The lowest BCUT2D eigenvalue weighted by Gasteiger charge is -2.57. The molecule has 0 spiro atoms. The van der Waals surface area contributed by atoms with E-state index in [9.17, 15) is 9.59 Å². The summed E-state index contributed by atoms with van der Waals surface area (Å²) in [6.45, 7) is 1.71. The van der Waals surface area contributed by atoms with E-state index in [1.165, 1.54) is 19.3 Å². The molecule has 5 aliphatic carbocycles. The van der Waals surface area contributed by atoms with Crippen molar-refractivity contribution in [3.63, 3.8) is 0 Å². The van der Waals surface area contributed by atoms with E-state index in [-0.39, 0.29) is 23.3 Å². The molecule has 0 saturated heterocycles. The van der Waals surface area contributed by atoms with Gasteiger partial charge in [0.2, 0.25) is 0 Å². The number of hydrogen-bond donors (Lipinski definition) is 1. The molecule has 2 atom stereocenters. The van der Waals surface area contributed by atoms with Crippen molar-refractivity contribution in [2.45, 2.75) is 76.4 Å². The predicted molar refractivity (Wildman–Crippen MR) is 91.1 cm³/mol. The average Bonchev–Trinajstić information content (AvgIpc) is 2.53. The number of hydrogen-bond acceptors (Lipinski definition) is 3. The first-order valence-corrected chi connectivity index (χ1v) is 9.70. The maximum atomic E-state index is 12.6. The zero-order valence-corrected chi connectivity index (χ0v) is 14.6. The first kappa shape index (κ1) is 16.2. The van der Waals surface area contributed by atoms with E-state index in [1.807, 2.05) is 6.08 Å². The monoisotopic (exact) mass is 331 g/mol. The predicted octanol–water partition coefficient (Wildman–Crippen LogP) is 3.36. The molecule has 4 saturated carbocycles. The van der Waals surface area contributed by atoms with Crippen molar-refractivity contribution in [1.29, 1.82) is 0 Å². The molecule has 4 fully saturated rings. The molecule has 0 aromatic carbocycles. The summed E-state index contributed by atoms with van der Waals surface area (Å²) >= 11 is 0. The minimum atomic E-state index is -0.684. The summed E-state index contributed by atoms with van der Waals surface area (Å²) in [4.78, 5) is 24.9. The normalized spacial score (nSPS) is 41.0. The molecule has 1 amide bonds. The molecule has 0 aliphatic heterocycles. The summed E-state index contributed by atoms with van der Waals surface area (Å²) in [6, 6.07) is 0. The highest BCUT2D eigenvalue weighted by Gasteiger charge is 2.51. The molecule has 0 unspecified atom stereocenters. The summed E-state index contributed by atoms with van der Waals surface area (Å²) < 4.78 is 5.48. The maximum Gasteiger partial charge on any atom is 0.310 e. The van der Waals surface area contributed by atoms with Gasteiger partial charge < -0.3 is 10.1 Å². The Morgan fingerprint density at radius 2 is 1.71 bits per heavy atom. The molecule has 24 heavy (non-hydrogen) atoms. The minimum Gasteiger partial charge on any atom is -0.452 e. The molecule has 5 aliphatic rings. The molecule has 4 bridgehead atoms. The SMILES string of the molecule is C[C@H](OC(=O)[C@@H]1CC=CCC1)C(=O)NC12CC3CC(CC(C3)C1)C2. The van der Waals surface area contributed by atoms with E-state index in [1.54, 1.807) is 6.92 Å². The van der Waals surface area contributed by atoms with Crippen molar-refractivity contribution >= 4 is 11.9 Å². The highest BCUT2D eigenvalue weighted by molar-refractivity contribution is 5.84. The summed E-state index contributed by atoms with van der Waals surface area (Å²) in [5.74, 6) is 1.99. The van der Waals surface area contributed by atoms with Crippen molar-refractivity contribution in [3.8, 4) is 0 Å². The molecule has 0 radical (unpaired) electrons. The van der Waals surface area contributed by atoms with Crippen molar-refractivity contribution in [2.75, 3.05) is 0 Å². The number of nitrogens with one attached hydrogen (secondary N) is 1. The van der Waals surface area contributed by atoms with Gasteiger partial charge in [0.15, 0.2) is 6.10 Å². The van der Waals surface area contributed by atoms with Crippen LogP contribution in [-0.2, 0) is 14.3 Å². The van der Waals surface area contributed by atoms with Gasteiger partial charge in [-0.3, -0.25) is 9.59 Å². The second kappa shape index (κ2) is 6.20. The molecule has 1 N–H and O–H groups in total. The van der Waals surface area contributed by atoms with E-state index in [4.69, 9.17) is 4.74 Å². The Kier molecular flexibility index (Phi) is 4.17. The number of carbonyl (C=O) groups excluding carboxylic acids is 2. The largest absolute Gasteiger partial charge is 0.452 e. The summed E-state index contributed by atoms with van der Waals surface area (Å²) in [5.41, 5.74) is -0.0138. The first-order chi connectivity index (χ1) is 11.5. The lowest BCUT2D eigenvalue weighted by molar-refractivity contribution is -0.160. The molecule has 0 aromatic heterocycles. The Labute approximate surface area is 144 Å². The van der Waals surface area contributed by atoms with Gasteiger partial charge in [0.1, 0.15) is 0 Å². The Hall–Kier alpha value is -1.32. The maximum absolute atomic E-state index is 12.6. The highest BCUT2D eigenvalue weighted by Crippen LogP contribution is 2.55. The Morgan fingerprint density at radius 3 is 2.25 bits per heavy atom. The molecular weight excluding hydrogens is 302 g/mol. The van der Waals surface area contributed by atoms with Crippen molar-refractivity contribution < 1.29 is 14.3 Å². The van der Waals surface area contributed by atoms with Crippen LogP contribution in [0, 0.1) is 23.7 Å². The zero-order chi connectivity index (χ0) is 16.7. The first-order valence-electron chi connectivity index (χ1n) is 9.70. The molecule has 4 nitrogen and oxygen atoms in total. The van der Waals surface area contributed by atoms with Gasteiger partial charge in [-0.1, -0.05) is 12.2 Å². The van der Waals surface area contributed by atoms with Gasteiger partial charge in [-0.15, -0.1) is 0 Å². The zero-order valence-electron chi connectivity index (χ0n) is 14.6. The fraction of sp³-hybridized carbons (Fsp3) is 0.800. The number of esters is 1. The lowest BCUT2D eigenvalue weighted by Crippen LogP contribution is -2.61. The minimum absolute atomic E-state index is 0.0138. The van der Waals surface area contributed by atoms with E-state index >= 15 is 0 Å². The van der Waals surface area contributed by atoms with Gasteiger partial charge in [-0.2, -0.15) is 0 Å². The standard InChI is InChI=1S/C20H29NO3/c1-13(24-19(23)17-5-3-2-4-6-17)18(22)21-20-10-14-7-15(11-20)9-16(8-14)12-20/h2-3,13-17H,4-12H2,1H3,(H,21,22)/t13-,14?,15?,16?,17+,20?/m0/s1. The molecule has 5 rings (SSSR count). The van der Waals surface area contributed by atoms with Crippen LogP contribution in [0.1, 0.15) is 64.7 Å². The number of amides is 1. The van der Waals surface area contributed by atoms with Gasteiger partial charge in [0.05, 0.1) is 5.92 Å². The average molecular weight is 331 g/mol. The van der Waals surface area contributed by atoms with Crippen molar-refractivity contribution in [3.05, 3.63) is 12.2 Å². The number of rotatable bonds is 4. The van der Waals surface area contributed by atoms with E-state index in [2.05, 4.69) is 11.4 Å². The van der Waals surface area contributed by atoms with Gasteiger partial charge in [0.25, 0.3) is 5.91 Å². The molecule has 0 heterocycles. The molecule has 0 aromatic rings. The summed E-state index contributed by atoms with van der Waals surface area (Å²) in [7, 11) is 0. The smallest absolute Gasteiger partial charge is 0.310 e. The fourth-order valence-corrected chi connectivity index (χ4v) is 5.96. The van der Waals surface area contributed by atoms with Crippen molar-refractivity contribution in [2.24, 2.45) is 23.7 Å². The lowest BCUT2D eigenvalue weighted by atomic mass is 9.53. The van der Waals surface area contributed by atoms with Crippen LogP contribution in [0.4, 0.5) is 0 Å². The third-order valence-corrected chi connectivity index (χ3v) is 6.69. The van der Waals surface area contributed by atoms with Gasteiger partial charge in [-0.05, 0) is 82.5 Å². The Morgan fingerprint density at radius 1 is 1.08 bits per heavy atom. The second-order valence-electron chi connectivity index (χ2n) is 8.75.